The molecule has 5 rings (SSSR count). The SMILES string of the molecule is CCOC1CCN(c2ccc(Nc3ccc(Nc4ccc(NC(=O)c5ccnn5C)cc4F)cc3)cc2)CC1. The third-order valence-electron chi connectivity index (χ3n) is 6.81. The highest BCUT2D eigenvalue weighted by Crippen LogP contribution is 2.27. The van der Waals surface area contributed by atoms with Crippen molar-refractivity contribution in [1.82, 2.24) is 9.78 Å². The smallest absolute Gasteiger partial charge is 0.273 e. The molecule has 8 nitrogen and oxygen atoms in total. The first-order chi connectivity index (χ1) is 19.0. The number of amides is 1. The number of nitrogens with zero attached hydrogens (tertiary/aromatic N) is 3. The minimum Gasteiger partial charge on any atom is -0.378 e. The number of halogens is 1. The Balaban J connectivity index is 1.14. The minimum absolute atomic E-state index is 0.315. The zero-order chi connectivity index (χ0) is 27.2. The highest BCUT2D eigenvalue weighted by molar-refractivity contribution is 6.03. The van der Waals surface area contributed by atoms with Crippen LogP contribution in [0, 0.1) is 5.82 Å². The van der Waals surface area contributed by atoms with Gasteiger partial charge in [0.25, 0.3) is 5.91 Å². The summed E-state index contributed by atoms with van der Waals surface area (Å²) in [4.78, 5) is 14.7. The average molecular weight is 529 g/mol. The summed E-state index contributed by atoms with van der Waals surface area (Å²) in [5.41, 5.74) is 4.97. The molecule has 4 aromatic rings. The van der Waals surface area contributed by atoms with Gasteiger partial charge in [-0.15, -0.1) is 0 Å². The monoisotopic (exact) mass is 528 g/mol. The molecule has 3 aromatic carbocycles. The Hall–Kier alpha value is -4.37. The summed E-state index contributed by atoms with van der Waals surface area (Å²) >= 11 is 0. The lowest BCUT2D eigenvalue weighted by Gasteiger charge is -2.33. The predicted molar refractivity (Wildman–Crippen MR) is 154 cm³/mol. The molecule has 1 aliphatic rings. The molecule has 1 amide bonds. The van der Waals surface area contributed by atoms with E-state index in [1.807, 2.05) is 24.3 Å². The van der Waals surface area contributed by atoms with Crippen molar-refractivity contribution >= 4 is 40.0 Å². The fourth-order valence-electron chi connectivity index (χ4n) is 4.72. The Bertz CT molecular complexity index is 1400. The molecule has 0 unspecified atom stereocenters. The predicted octanol–water partition coefficient (Wildman–Crippen LogP) is 6.30. The number of nitrogens with one attached hydrogen (secondary N) is 3. The molecule has 0 saturated carbocycles. The summed E-state index contributed by atoms with van der Waals surface area (Å²) in [5.74, 6) is -0.822. The van der Waals surface area contributed by atoms with Crippen LogP contribution in [0.25, 0.3) is 0 Å². The molecule has 9 heteroatoms. The summed E-state index contributed by atoms with van der Waals surface area (Å²) in [6.45, 7) is 4.85. The minimum atomic E-state index is -0.470. The van der Waals surface area contributed by atoms with E-state index in [-0.39, 0.29) is 5.91 Å². The average Bonchev–Trinajstić information content (AvgIpc) is 3.38. The van der Waals surface area contributed by atoms with Crippen molar-refractivity contribution in [1.29, 1.82) is 0 Å². The van der Waals surface area contributed by atoms with Crippen molar-refractivity contribution in [2.75, 3.05) is 40.5 Å². The van der Waals surface area contributed by atoms with E-state index >= 15 is 0 Å². The highest BCUT2D eigenvalue weighted by Gasteiger charge is 2.19. The van der Waals surface area contributed by atoms with Gasteiger partial charge in [-0.2, -0.15) is 5.10 Å². The molecule has 0 radical (unpaired) electrons. The number of carbonyl (C=O) groups excluding carboxylic acids is 1. The first-order valence-electron chi connectivity index (χ1n) is 13.2. The number of ether oxygens (including phenoxy) is 1. The van der Waals surface area contributed by atoms with Crippen molar-refractivity contribution in [3.63, 3.8) is 0 Å². The number of hydrogen-bond acceptors (Lipinski definition) is 6. The Morgan fingerprint density at radius 3 is 2.13 bits per heavy atom. The molecule has 39 heavy (non-hydrogen) atoms. The van der Waals surface area contributed by atoms with Crippen LogP contribution in [0.15, 0.2) is 79.0 Å². The maximum absolute atomic E-state index is 14.7. The summed E-state index contributed by atoms with van der Waals surface area (Å²) in [6.07, 6.45) is 4.04. The van der Waals surface area contributed by atoms with E-state index in [1.54, 1.807) is 25.2 Å². The van der Waals surface area contributed by atoms with Crippen molar-refractivity contribution in [3.05, 3.63) is 90.5 Å². The quantitative estimate of drug-likeness (QED) is 0.236. The van der Waals surface area contributed by atoms with E-state index < -0.39 is 5.82 Å². The van der Waals surface area contributed by atoms with Gasteiger partial charge in [-0.05, 0) is 92.6 Å². The lowest BCUT2D eigenvalue weighted by molar-refractivity contribution is 0.0459. The number of aromatic nitrogens is 2. The zero-order valence-corrected chi connectivity index (χ0v) is 22.2. The van der Waals surface area contributed by atoms with Crippen LogP contribution in [0.3, 0.4) is 0 Å². The maximum atomic E-state index is 14.7. The molecule has 202 valence electrons. The zero-order valence-electron chi connectivity index (χ0n) is 22.2. The molecule has 0 aliphatic carbocycles. The van der Waals surface area contributed by atoms with Gasteiger partial charge in [0.1, 0.15) is 11.5 Å². The summed E-state index contributed by atoms with van der Waals surface area (Å²) in [6, 6.07) is 22.2. The second-order valence-electron chi connectivity index (χ2n) is 9.50. The van der Waals surface area contributed by atoms with Gasteiger partial charge in [0.05, 0.1) is 11.8 Å². The number of hydrogen-bond donors (Lipinski definition) is 3. The fraction of sp³-hybridized carbons (Fsp3) is 0.267. The van der Waals surface area contributed by atoms with Crippen LogP contribution < -0.4 is 20.9 Å². The normalized spacial score (nSPS) is 13.8. The third kappa shape index (κ3) is 6.56. The molecule has 2 heterocycles. The molecule has 1 saturated heterocycles. The first kappa shape index (κ1) is 26.2. The van der Waals surface area contributed by atoms with Crippen molar-refractivity contribution in [2.45, 2.75) is 25.9 Å². The number of benzene rings is 3. The topological polar surface area (TPSA) is 83.4 Å². The van der Waals surface area contributed by atoms with Crippen LogP contribution in [-0.4, -0.2) is 41.5 Å². The van der Waals surface area contributed by atoms with Crippen molar-refractivity contribution < 1.29 is 13.9 Å². The highest BCUT2D eigenvalue weighted by atomic mass is 19.1. The van der Waals surface area contributed by atoms with Crippen molar-refractivity contribution in [2.24, 2.45) is 7.05 Å². The Morgan fingerprint density at radius 1 is 0.923 bits per heavy atom. The van der Waals surface area contributed by atoms with E-state index in [2.05, 4.69) is 57.1 Å². The van der Waals surface area contributed by atoms with Crippen LogP contribution in [0.2, 0.25) is 0 Å². The standard InChI is InChI=1S/C30H33FN6O2/c1-3-39-26-15-18-37(19-16-26)25-11-8-22(9-12-25)33-21-4-6-23(7-5-21)34-28-13-10-24(20-27(28)31)35-30(38)29-14-17-32-36(29)2/h4-14,17,20,26,33-34H,3,15-16,18-19H2,1-2H3,(H,35,38). The number of aryl methyl sites for hydroxylation is 1. The van der Waals surface area contributed by atoms with Crippen LogP contribution >= 0.6 is 0 Å². The van der Waals surface area contributed by atoms with E-state index in [9.17, 15) is 9.18 Å². The number of rotatable bonds is 9. The molecule has 0 spiro atoms. The second-order valence-corrected chi connectivity index (χ2v) is 9.50. The van der Waals surface area contributed by atoms with Gasteiger partial charge in [-0.25, -0.2) is 4.39 Å². The van der Waals surface area contributed by atoms with E-state index in [4.69, 9.17) is 4.74 Å². The Labute approximate surface area is 227 Å². The molecule has 3 N–H and O–H groups in total. The van der Waals surface area contributed by atoms with Gasteiger partial charge in [0.15, 0.2) is 0 Å². The number of anilines is 6. The van der Waals surface area contributed by atoms with Gasteiger partial charge >= 0.3 is 0 Å². The number of carbonyl (C=O) groups is 1. The van der Waals surface area contributed by atoms with Crippen LogP contribution in [-0.2, 0) is 11.8 Å². The molecule has 0 bridgehead atoms. The summed E-state index contributed by atoms with van der Waals surface area (Å²) in [7, 11) is 1.67. The molecular weight excluding hydrogens is 495 g/mol. The molecular formula is C30H33FN6O2. The second kappa shape index (κ2) is 12.0. The lowest BCUT2D eigenvalue weighted by Crippen LogP contribution is -2.37. The summed E-state index contributed by atoms with van der Waals surface area (Å²) in [5, 5.41) is 13.2. The van der Waals surface area contributed by atoms with Gasteiger partial charge in [0.2, 0.25) is 0 Å². The van der Waals surface area contributed by atoms with Crippen LogP contribution in [0.4, 0.5) is 38.5 Å². The Morgan fingerprint density at radius 2 is 1.54 bits per heavy atom. The molecule has 1 fully saturated rings. The maximum Gasteiger partial charge on any atom is 0.273 e. The Kier molecular flexibility index (Phi) is 8.07. The van der Waals surface area contributed by atoms with Crippen LogP contribution in [0.1, 0.15) is 30.3 Å². The van der Waals surface area contributed by atoms with E-state index in [0.29, 0.717) is 23.2 Å². The van der Waals surface area contributed by atoms with Gasteiger partial charge in [-0.1, -0.05) is 0 Å². The molecule has 0 atom stereocenters. The van der Waals surface area contributed by atoms with Crippen LogP contribution in [0.5, 0.6) is 0 Å². The lowest BCUT2D eigenvalue weighted by atomic mass is 10.1. The fourth-order valence-corrected chi connectivity index (χ4v) is 4.72. The number of piperidine rings is 1. The summed E-state index contributed by atoms with van der Waals surface area (Å²) < 4.78 is 22.0. The largest absolute Gasteiger partial charge is 0.378 e. The molecule has 1 aliphatic heterocycles. The molecule has 1 aromatic heterocycles. The van der Waals surface area contributed by atoms with Gasteiger partial charge in [0, 0.05) is 61.4 Å². The third-order valence-corrected chi connectivity index (χ3v) is 6.81. The van der Waals surface area contributed by atoms with Gasteiger partial charge in [-0.3, -0.25) is 9.48 Å². The van der Waals surface area contributed by atoms with Gasteiger partial charge < -0.3 is 25.6 Å². The van der Waals surface area contributed by atoms with Crippen molar-refractivity contribution in [3.8, 4) is 0 Å². The van der Waals surface area contributed by atoms with E-state index in [0.717, 1.165) is 49.6 Å². The van der Waals surface area contributed by atoms with E-state index in [1.165, 1.54) is 22.6 Å². The first-order valence-corrected chi connectivity index (χ1v) is 13.2.